The number of fused-ring (bicyclic) bond motifs is 2. The van der Waals surface area contributed by atoms with E-state index in [-0.39, 0.29) is 6.54 Å². The Labute approximate surface area is 113 Å². The van der Waals surface area contributed by atoms with Gasteiger partial charge in [-0.25, -0.2) is 0 Å². The van der Waals surface area contributed by atoms with Gasteiger partial charge in [0.1, 0.15) is 0 Å². The molecule has 0 radical (unpaired) electrons. The van der Waals surface area contributed by atoms with Crippen LogP contribution in [0, 0.1) is 11.8 Å². The van der Waals surface area contributed by atoms with Crippen LogP contribution in [0.15, 0.2) is 0 Å². The van der Waals surface area contributed by atoms with Crippen molar-refractivity contribution in [3.63, 3.8) is 0 Å². The van der Waals surface area contributed by atoms with Crippen molar-refractivity contribution in [2.75, 3.05) is 26.7 Å². The number of rotatable bonds is 4. The second-order valence-electron chi connectivity index (χ2n) is 6.48. The first-order valence-corrected chi connectivity index (χ1v) is 7.29. The van der Waals surface area contributed by atoms with Crippen molar-refractivity contribution in [1.29, 1.82) is 0 Å². The molecule has 0 aromatic carbocycles. The summed E-state index contributed by atoms with van der Waals surface area (Å²) >= 11 is 0. The van der Waals surface area contributed by atoms with Gasteiger partial charge < -0.3 is 9.80 Å². The van der Waals surface area contributed by atoms with E-state index in [0.29, 0.717) is 23.9 Å². The molecule has 1 unspecified atom stereocenters. The van der Waals surface area contributed by atoms with Gasteiger partial charge in [0.15, 0.2) is 0 Å². The van der Waals surface area contributed by atoms with Crippen LogP contribution in [-0.4, -0.2) is 54.7 Å². The zero-order valence-electron chi connectivity index (χ0n) is 12.1. The van der Waals surface area contributed by atoms with E-state index in [1.54, 1.807) is 0 Å². The zero-order chi connectivity index (χ0) is 14.2. The molecule has 1 aliphatic heterocycles. The van der Waals surface area contributed by atoms with Crippen LogP contribution in [-0.2, 0) is 0 Å². The molecule has 0 spiro atoms. The van der Waals surface area contributed by atoms with Crippen LogP contribution in [0.1, 0.15) is 33.1 Å². The van der Waals surface area contributed by atoms with Crippen LogP contribution in [0.3, 0.4) is 0 Å². The van der Waals surface area contributed by atoms with Crippen molar-refractivity contribution >= 4 is 0 Å². The average Bonchev–Trinajstić information content (AvgIpc) is 2.55. The Bertz CT molecular complexity index is 290. The number of likely N-dealkylation sites (tertiary alicyclic amines) is 1. The molecular formula is C14H25F3N2. The second-order valence-corrected chi connectivity index (χ2v) is 6.48. The largest absolute Gasteiger partial charge is 0.390 e. The van der Waals surface area contributed by atoms with Crippen molar-refractivity contribution in [3.05, 3.63) is 0 Å². The smallest absolute Gasteiger partial charge is 0.302 e. The lowest BCUT2D eigenvalue weighted by atomic mass is 9.90. The number of halogens is 3. The first-order valence-electron chi connectivity index (χ1n) is 7.29. The van der Waals surface area contributed by atoms with E-state index < -0.39 is 12.6 Å². The number of nitrogens with zero attached hydrogens (tertiary/aromatic N) is 2. The van der Waals surface area contributed by atoms with Crippen molar-refractivity contribution in [1.82, 2.24) is 9.80 Å². The van der Waals surface area contributed by atoms with Gasteiger partial charge in [-0.15, -0.1) is 0 Å². The fourth-order valence-electron chi connectivity index (χ4n) is 3.82. The Kier molecular flexibility index (Phi) is 4.45. The lowest BCUT2D eigenvalue weighted by Gasteiger charge is -2.44. The molecule has 2 rings (SSSR count). The van der Waals surface area contributed by atoms with Gasteiger partial charge in [0.25, 0.3) is 0 Å². The van der Waals surface area contributed by atoms with E-state index >= 15 is 0 Å². The van der Waals surface area contributed by atoms with Crippen LogP contribution in [0.2, 0.25) is 0 Å². The molecule has 19 heavy (non-hydrogen) atoms. The maximum Gasteiger partial charge on any atom is 0.390 e. The molecule has 0 aromatic heterocycles. The average molecular weight is 278 g/mol. The minimum absolute atomic E-state index is 0.142. The number of hydrogen-bond acceptors (Lipinski definition) is 2. The van der Waals surface area contributed by atoms with Gasteiger partial charge in [-0.3, -0.25) is 0 Å². The Balaban J connectivity index is 1.92. The first-order chi connectivity index (χ1) is 8.78. The lowest BCUT2D eigenvalue weighted by Crippen LogP contribution is -2.53. The summed E-state index contributed by atoms with van der Waals surface area (Å²) in [5.41, 5.74) is 0. The highest BCUT2D eigenvalue weighted by molar-refractivity contribution is 4.98. The molecule has 2 bridgehead atoms. The highest BCUT2D eigenvalue weighted by atomic mass is 19.4. The molecule has 1 saturated heterocycles. The Hall–Kier alpha value is -0.290. The molecule has 3 atom stereocenters. The van der Waals surface area contributed by atoms with Crippen LogP contribution in [0.4, 0.5) is 13.2 Å². The Morgan fingerprint density at radius 1 is 1.16 bits per heavy atom. The summed E-state index contributed by atoms with van der Waals surface area (Å²) in [5.74, 6) is 1.11. The SMILES string of the molecule is CC(C)N1C[C@H]2CC[C@@H](C1)C2N(C)CCC(F)(F)F. The third-order valence-electron chi connectivity index (χ3n) is 4.80. The molecule has 112 valence electrons. The summed E-state index contributed by atoms with van der Waals surface area (Å²) in [6, 6.07) is 0.905. The lowest BCUT2D eigenvalue weighted by molar-refractivity contribution is -0.139. The van der Waals surface area contributed by atoms with E-state index in [2.05, 4.69) is 18.7 Å². The van der Waals surface area contributed by atoms with Crippen LogP contribution >= 0.6 is 0 Å². The molecule has 5 heteroatoms. The maximum atomic E-state index is 12.3. The summed E-state index contributed by atoms with van der Waals surface area (Å²) in [5, 5.41) is 0. The van der Waals surface area contributed by atoms with Gasteiger partial charge in [0.05, 0.1) is 6.42 Å². The molecule has 0 amide bonds. The molecule has 2 nitrogen and oxygen atoms in total. The number of piperidine rings is 1. The Morgan fingerprint density at radius 3 is 2.11 bits per heavy atom. The summed E-state index contributed by atoms with van der Waals surface area (Å²) in [6.45, 7) is 6.65. The van der Waals surface area contributed by atoms with Crippen LogP contribution in [0.25, 0.3) is 0 Å². The maximum absolute atomic E-state index is 12.3. The van der Waals surface area contributed by atoms with Crippen molar-refractivity contribution in [2.24, 2.45) is 11.8 Å². The number of hydrogen-bond donors (Lipinski definition) is 0. The second kappa shape index (κ2) is 5.60. The molecule has 1 aliphatic carbocycles. The minimum atomic E-state index is -4.04. The number of alkyl halides is 3. The molecule has 0 N–H and O–H groups in total. The van der Waals surface area contributed by atoms with E-state index in [4.69, 9.17) is 0 Å². The van der Waals surface area contributed by atoms with Gasteiger partial charge in [-0.2, -0.15) is 13.2 Å². The van der Waals surface area contributed by atoms with Crippen molar-refractivity contribution in [3.8, 4) is 0 Å². The van der Waals surface area contributed by atoms with Gasteiger partial charge >= 0.3 is 6.18 Å². The van der Waals surface area contributed by atoms with E-state index in [1.165, 1.54) is 12.8 Å². The van der Waals surface area contributed by atoms with Crippen LogP contribution < -0.4 is 0 Å². The molecule has 2 aliphatic rings. The Morgan fingerprint density at radius 2 is 1.68 bits per heavy atom. The summed E-state index contributed by atoms with van der Waals surface area (Å²) in [4.78, 5) is 4.45. The summed E-state index contributed by atoms with van der Waals surface area (Å²) in [7, 11) is 1.87. The van der Waals surface area contributed by atoms with E-state index in [9.17, 15) is 13.2 Å². The predicted molar refractivity (Wildman–Crippen MR) is 70.0 cm³/mol. The quantitative estimate of drug-likeness (QED) is 0.780. The molecule has 1 saturated carbocycles. The van der Waals surface area contributed by atoms with E-state index in [1.807, 2.05) is 11.9 Å². The predicted octanol–water partition coefficient (Wildman–Crippen LogP) is 2.99. The fraction of sp³-hybridized carbons (Fsp3) is 1.00. The third-order valence-corrected chi connectivity index (χ3v) is 4.80. The van der Waals surface area contributed by atoms with Gasteiger partial charge in [0, 0.05) is 31.7 Å². The van der Waals surface area contributed by atoms with Crippen LogP contribution in [0.5, 0.6) is 0 Å². The fourth-order valence-corrected chi connectivity index (χ4v) is 3.82. The summed E-state index contributed by atoms with van der Waals surface area (Å²) in [6.07, 6.45) is -2.37. The molecular weight excluding hydrogens is 253 g/mol. The normalized spacial score (nSPS) is 32.5. The van der Waals surface area contributed by atoms with Crippen molar-refractivity contribution < 1.29 is 13.2 Å². The molecule has 2 fully saturated rings. The van der Waals surface area contributed by atoms with Gasteiger partial charge in [0.2, 0.25) is 0 Å². The van der Waals surface area contributed by atoms with E-state index in [0.717, 1.165) is 13.1 Å². The topological polar surface area (TPSA) is 6.48 Å². The molecule has 0 aromatic rings. The monoisotopic (exact) mass is 278 g/mol. The minimum Gasteiger partial charge on any atom is -0.302 e. The van der Waals surface area contributed by atoms with Gasteiger partial charge in [-0.05, 0) is 45.6 Å². The highest BCUT2D eigenvalue weighted by Crippen LogP contribution is 2.40. The third kappa shape index (κ3) is 3.63. The standard InChI is InChI=1S/C14H25F3N2/c1-10(2)19-8-11-4-5-12(9-19)13(11)18(3)7-6-14(15,16)17/h10-13H,4-9H2,1-3H3/t11-,12+,13?. The van der Waals surface area contributed by atoms with Crippen molar-refractivity contribution in [2.45, 2.75) is 51.4 Å². The molecule has 1 heterocycles. The highest BCUT2D eigenvalue weighted by Gasteiger charge is 2.44. The zero-order valence-corrected chi connectivity index (χ0v) is 12.1. The first kappa shape index (κ1) is 15.1. The van der Waals surface area contributed by atoms with Gasteiger partial charge in [-0.1, -0.05) is 0 Å². The summed E-state index contributed by atoms with van der Waals surface area (Å²) < 4.78 is 37.0.